The molecule has 0 spiro atoms. The van der Waals surface area contributed by atoms with Crippen LogP contribution in [0.1, 0.15) is 31.7 Å². The van der Waals surface area contributed by atoms with Crippen LogP contribution in [0.25, 0.3) is 0 Å². The second kappa shape index (κ2) is 5.27. The van der Waals surface area contributed by atoms with Gasteiger partial charge in [0.2, 0.25) is 10.0 Å². The summed E-state index contributed by atoms with van der Waals surface area (Å²) in [6.45, 7) is 3.96. The highest BCUT2D eigenvalue weighted by Crippen LogP contribution is 2.48. The zero-order chi connectivity index (χ0) is 15.8. The minimum Gasteiger partial charge on any atom is -0.393 e. The van der Waals surface area contributed by atoms with Crippen molar-refractivity contribution in [2.75, 3.05) is 12.3 Å². The van der Waals surface area contributed by atoms with Gasteiger partial charge in [-0.05, 0) is 43.2 Å². The molecule has 1 aromatic carbocycles. The molecule has 0 heterocycles. The number of nitro benzene ring substituents is 1. The molecular weight excluding hydrogens is 294 g/mol. The fraction of sp³-hybridized carbons (Fsp3) is 0.538. The van der Waals surface area contributed by atoms with E-state index in [0.717, 1.165) is 25.3 Å². The summed E-state index contributed by atoms with van der Waals surface area (Å²) in [6.07, 6.45) is 2.93. The predicted octanol–water partition coefficient (Wildman–Crippen LogP) is 1.95. The maximum absolute atomic E-state index is 12.4. The Labute approximate surface area is 123 Å². The SMILES string of the molecule is CCC1(CNS(=O)(=O)c2cc([N+](=O)[O-])c(N)cc2C)CC1. The monoisotopic (exact) mass is 313 g/mol. The van der Waals surface area contributed by atoms with E-state index >= 15 is 0 Å². The highest BCUT2D eigenvalue weighted by Gasteiger charge is 2.41. The Bertz CT molecular complexity index is 681. The summed E-state index contributed by atoms with van der Waals surface area (Å²) < 4.78 is 27.3. The molecule has 0 atom stereocenters. The standard InChI is InChI=1S/C13H19N3O4S/c1-3-13(4-5-13)8-15-21(19,20)12-7-11(16(17)18)10(14)6-9(12)2/h6-7,15H,3-5,8,14H2,1-2H3. The summed E-state index contributed by atoms with van der Waals surface area (Å²) in [5.74, 6) is 0. The van der Waals surface area contributed by atoms with Gasteiger partial charge in [-0.3, -0.25) is 10.1 Å². The Morgan fingerprint density at radius 2 is 2.05 bits per heavy atom. The summed E-state index contributed by atoms with van der Waals surface area (Å²) in [4.78, 5) is 10.1. The first-order valence-corrected chi connectivity index (χ1v) is 8.23. The number of rotatable bonds is 6. The smallest absolute Gasteiger partial charge is 0.293 e. The number of hydrogen-bond acceptors (Lipinski definition) is 5. The number of nitro groups is 1. The Morgan fingerprint density at radius 3 is 2.52 bits per heavy atom. The molecule has 21 heavy (non-hydrogen) atoms. The van der Waals surface area contributed by atoms with E-state index in [2.05, 4.69) is 4.72 Å². The first kappa shape index (κ1) is 15.7. The molecule has 2 rings (SSSR count). The van der Waals surface area contributed by atoms with Crippen LogP contribution in [0, 0.1) is 22.5 Å². The van der Waals surface area contributed by atoms with Crippen molar-refractivity contribution in [3.63, 3.8) is 0 Å². The summed E-state index contributed by atoms with van der Waals surface area (Å²) in [5, 5.41) is 10.9. The zero-order valence-corrected chi connectivity index (χ0v) is 12.9. The fourth-order valence-corrected chi connectivity index (χ4v) is 3.71. The van der Waals surface area contributed by atoms with Gasteiger partial charge >= 0.3 is 0 Å². The van der Waals surface area contributed by atoms with E-state index in [0.29, 0.717) is 12.1 Å². The minimum absolute atomic E-state index is 0.0383. The van der Waals surface area contributed by atoms with Crippen molar-refractivity contribution in [1.82, 2.24) is 4.72 Å². The maximum atomic E-state index is 12.4. The van der Waals surface area contributed by atoms with Gasteiger partial charge in [-0.1, -0.05) is 6.92 Å². The molecule has 0 aromatic heterocycles. The van der Waals surface area contributed by atoms with Crippen LogP contribution in [-0.2, 0) is 10.0 Å². The molecule has 1 saturated carbocycles. The molecule has 0 saturated heterocycles. The molecule has 0 radical (unpaired) electrons. The second-order valence-corrected chi connectivity index (χ2v) is 7.35. The normalized spacial score (nSPS) is 16.7. The van der Waals surface area contributed by atoms with Crippen molar-refractivity contribution < 1.29 is 13.3 Å². The lowest BCUT2D eigenvalue weighted by atomic mass is 10.1. The Morgan fingerprint density at radius 1 is 1.43 bits per heavy atom. The topological polar surface area (TPSA) is 115 Å². The average molecular weight is 313 g/mol. The molecule has 1 aliphatic rings. The largest absolute Gasteiger partial charge is 0.393 e. The zero-order valence-electron chi connectivity index (χ0n) is 12.0. The molecule has 1 aromatic rings. The van der Waals surface area contributed by atoms with Gasteiger partial charge in [0.15, 0.2) is 0 Å². The molecule has 1 aliphatic carbocycles. The minimum atomic E-state index is -3.78. The third-order valence-electron chi connectivity index (χ3n) is 4.15. The summed E-state index contributed by atoms with van der Waals surface area (Å²) in [7, 11) is -3.78. The van der Waals surface area contributed by atoms with Gasteiger partial charge < -0.3 is 5.73 Å². The Balaban J connectivity index is 2.31. The van der Waals surface area contributed by atoms with Crippen molar-refractivity contribution in [3.8, 4) is 0 Å². The molecule has 0 bridgehead atoms. The highest BCUT2D eigenvalue weighted by molar-refractivity contribution is 7.89. The quantitative estimate of drug-likeness (QED) is 0.473. The number of aryl methyl sites for hydroxylation is 1. The molecule has 7 nitrogen and oxygen atoms in total. The average Bonchev–Trinajstić information content (AvgIpc) is 3.16. The van der Waals surface area contributed by atoms with Crippen molar-refractivity contribution >= 4 is 21.4 Å². The highest BCUT2D eigenvalue weighted by atomic mass is 32.2. The van der Waals surface area contributed by atoms with Crippen LogP contribution in [0.4, 0.5) is 11.4 Å². The summed E-state index contributed by atoms with van der Waals surface area (Å²) in [5.41, 5.74) is 5.57. The van der Waals surface area contributed by atoms with Crippen molar-refractivity contribution in [3.05, 3.63) is 27.8 Å². The van der Waals surface area contributed by atoms with E-state index in [9.17, 15) is 18.5 Å². The number of benzene rings is 1. The van der Waals surface area contributed by atoms with Gasteiger partial charge in [0.25, 0.3) is 5.69 Å². The molecule has 0 amide bonds. The molecule has 3 N–H and O–H groups in total. The lowest BCUT2D eigenvalue weighted by Crippen LogP contribution is -2.30. The van der Waals surface area contributed by atoms with Gasteiger partial charge in [-0.2, -0.15) is 0 Å². The lowest BCUT2D eigenvalue weighted by Gasteiger charge is -2.15. The third kappa shape index (κ3) is 3.16. The van der Waals surface area contributed by atoms with Crippen LogP contribution in [0.3, 0.4) is 0 Å². The van der Waals surface area contributed by atoms with Crippen molar-refractivity contribution in [2.24, 2.45) is 5.41 Å². The van der Waals surface area contributed by atoms with Gasteiger partial charge in [0.05, 0.1) is 9.82 Å². The van der Waals surface area contributed by atoms with Gasteiger partial charge in [-0.15, -0.1) is 0 Å². The van der Waals surface area contributed by atoms with E-state index < -0.39 is 20.6 Å². The summed E-state index contributed by atoms with van der Waals surface area (Å²) in [6, 6.07) is 2.35. The molecule has 8 heteroatoms. The Hall–Kier alpha value is -1.67. The first-order valence-electron chi connectivity index (χ1n) is 6.75. The van der Waals surface area contributed by atoms with Crippen molar-refractivity contribution in [2.45, 2.75) is 38.0 Å². The fourth-order valence-electron chi connectivity index (χ4n) is 2.31. The van der Waals surface area contributed by atoms with Crippen LogP contribution >= 0.6 is 0 Å². The second-order valence-electron chi connectivity index (χ2n) is 5.61. The Kier molecular flexibility index (Phi) is 3.94. The van der Waals surface area contributed by atoms with E-state index in [1.807, 2.05) is 6.92 Å². The first-order chi connectivity index (χ1) is 9.71. The number of nitrogens with one attached hydrogen (secondary N) is 1. The van der Waals surface area contributed by atoms with E-state index in [4.69, 9.17) is 5.73 Å². The van der Waals surface area contributed by atoms with Gasteiger partial charge in [0.1, 0.15) is 5.69 Å². The molecule has 116 valence electrons. The van der Waals surface area contributed by atoms with Crippen LogP contribution in [0.2, 0.25) is 0 Å². The predicted molar refractivity (Wildman–Crippen MR) is 79.4 cm³/mol. The van der Waals surface area contributed by atoms with E-state index in [-0.39, 0.29) is 16.0 Å². The summed E-state index contributed by atoms with van der Waals surface area (Å²) >= 11 is 0. The third-order valence-corrected chi connectivity index (χ3v) is 5.70. The number of nitrogen functional groups attached to an aromatic ring is 1. The van der Waals surface area contributed by atoms with Crippen LogP contribution in [-0.4, -0.2) is 19.9 Å². The number of anilines is 1. The maximum Gasteiger partial charge on any atom is 0.293 e. The number of hydrogen-bond donors (Lipinski definition) is 2. The number of sulfonamides is 1. The van der Waals surface area contributed by atoms with Crippen LogP contribution < -0.4 is 10.5 Å². The van der Waals surface area contributed by atoms with Crippen LogP contribution in [0.15, 0.2) is 17.0 Å². The molecular formula is C13H19N3O4S. The molecule has 0 aliphatic heterocycles. The van der Waals surface area contributed by atoms with Gasteiger partial charge in [-0.25, -0.2) is 13.1 Å². The van der Waals surface area contributed by atoms with Crippen molar-refractivity contribution in [1.29, 1.82) is 0 Å². The molecule has 1 fully saturated rings. The van der Waals surface area contributed by atoms with Gasteiger partial charge in [0, 0.05) is 12.6 Å². The lowest BCUT2D eigenvalue weighted by molar-refractivity contribution is -0.384. The van der Waals surface area contributed by atoms with E-state index in [1.165, 1.54) is 6.07 Å². The van der Waals surface area contributed by atoms with Crippen LogP contribution in [0.5, 0.6) is 0 Å². The number of nitrogens with two attached hydrogens (primary N) is 1. The molecule has 0 unspecified atom stereocenters. The number of nitrogens with zero attached hydrogens (tertiary/aromatic N) is 1. The van der Waals surface area contributed by atoms with E-state index in [1.54, 1.807) is 6.92 Å².